The van der Waals surface area contributed by atoms with Crippen molar-refractivity contribution in [2.24, 2.45) is 0 Å². The molecule has 3 atom stereocenters. The monoisotopic (exact) mass is 625 g/mol. The van der Waals surface area contributed by atoms with Crippen molar-refractivity contribution in [1.29, 1.82) is 0 Å². The predicted molar refractivity (Wildman–Crippen MR) is 167 cm³/mol. The van der Waals surface area contributed by atoms with Gasteiger partial charge in [0.2, 0.25) is 0 Å². The van der Waals surface area contributed by atoms with Crippen LogP contribution in [0.1, 0.15) is 48.5 Å². The van der Waals surface area contributed by atoms with Gasteiger partial charge in [0.25, 0.3) is 0 Å². The van der Waals surface area contributed by atoms with Crippen LogP contribution in [0, 0.1) is 0 Å². The molecule has 8 nitrogen and oxygen atoms in total. The maximum atomic E-state index is 13.6. The number of H-pyrrole nitrogens is 1. The zero-order valence-corrected chi connectivity index (χ0v) is 25.4. The third-order valence-electron chi connectivity index (χ3n) is 8.57. The summed E-state index contributed by atoms with van der Waals surface area (Å²) in [5, 5.41) is 21.4. The Balaban J connectivity index is 1.20. The number of nitrogens with one attached hydrogen (secondary N) is 1. The number of hydrogen-bond donors (Lipinski definition) is 3. The molecule has 3 N–H and O–H groups in total. The first kappa shape index (κ1) is 30.0. The minimum Gasteiger partial charge on any atom is -0.490 e. The Morgan fingerprint density at radius 3 is 2.49 bits per heavy atom. The standard InChI is InChI=1S/C33H37Cl2N3O5/c34-22-3-8-26(9-4-22)43-33(41)38-18-14-28-29-19-23(35)5-10-30(29)36-31(28)32(38)21-1-6-25(7-2-21)42-27-12-16-37(17-13-27)15-11-24(40)20-39/h1-4,6-10,19,23-24,27,32,36,39-40H,5,11-18,20H2/t23?,24-,32-/m0/s1. The highest BCUT2D eigenvalue weighted by Crippen LogP contribution is 2.35. The van der Waals surface area contributed by atoms with E-state index in [-0.39, 0.29) is 24.1 Å². The van der Waals surface area contributed by atoms with Crippen molar-refractivity contribution >= 4 is 41.4 Å². The lowest BCUT2D eigenvalue weighted by Gasteiger charge is -2.35. The molecule has 43 heavy (non-hydrogen) atoms. The topological polar surface area (TPSA) is 98.3 Å². The van der Waals surface area contributed by atoms with E-state index in [1.165, 1.54) is 5.56 Å². The Bertz CT molecular complexity index is 1530. The van der Waals surface area contributed by atoms with Crippen LogP contribution in [-0.2, 0) is 6.42 Å². The van der Waals surface area contributed by atoms with Gasteiger partial charge in [0.05, 0.1) is 18.1 Å². The molecule has 1 amide bonds. The van der Waals surface area contributed by atoms with E-state index in [1.54, 1.807) is 29.2 Å². The average Bonchev–Trinajstić information content (AvgIpc) is 3.39. The van der Waals surface area contributed by atoms with Crippen molar-refractivity contribution in [2.75, 3.05) is 32.8 Å². The molecule has 0 bridgehead atoms. The molecule has 2 aliphatic heterocycles. The summed E-state index contributed by atoms with van der Waals surface area (Å²) in [5.41, 5.74) is 3.13. The average molecular weight is 627 g/mol. The fourth-order valence-corrected chi connectivity index (χ4v) is 6.59. The highest BCUT2D eigenvalue weighted by molar-refractivity contribution is 6.30. The van der Waals surface area contributed by atoms with Crippen molar-refractivity contribution in [3.63, 3.8) is 0 Å². The summed E-state index contributed by atoms with van der Waals surface area (Å²) in [7, 11) is 0. The molecule has 3 heterocycles. The van der Waals surface area contributed by atoms with Gasteiger partial charge in [0.1, 0.15) is 23.6 Å². The van der Waals surface area contributed by atoms with Crippen LogP contribution in [-0.4, -0.2) is 81.5 Å². The fraction of sp³-hybridized carbons (Fsp3) is 0.424. The van der Waals surface area contributed by atoms with E-state index < -0.39 is 12.2 Å². The van der Waals surface area contributed by atoms with E-state index in [1.807, 2.05) is 24.3 Å². The number of hydrogen-bond acceptors (Lipinski definition) is 6. The van der Waals surface area contributed by atoms with Gasteiger partial charge in [-0.15, -0.1) is 11.6 Å². The molecule has 228 valence electrons. The number of nitrogens with zero attached hydrogens (tertiary/aromatic N) is 2. The number of aliphatic hydroxyl groups excluding tert-OH is 2. The molecule has 2 aromatic carbocycles. The summed E-state index contributed by atoms with van der Waals surface area (Å²) in [4.78, 5) is 21.2. The lowest BCUT2D eigenvalue weighted by atomic mass is 9.92. The lowest BCUT2D eigenvalue weighted by molar-refractivity contribution is 0.0608. The van der Waals surface area contributed by atoms with E-state index >= 15 is 0 Å². The van der Waals surface area contributed by atoms with Gasteiger partial charge in [-0.2, -0.15) is 0 Å². The number of fused-ring (bicyclic) bond motifs is 3. The largest absolute Gasteiger partial charge is 0.490 e. The SMILES string of the molecule is O=C(Oc1ccc(Cl)cc1)N1CCc2c([nH]c3c2=CC(Cl)CC=3)[C@@H]1c1ccc(OC2CCN(CC[C@H](O)CO)CC2)cc1. The third kappa shape index (κ3) is 6.89. The van der Waals surface area contributed by atoms with Crippen molar-refractivity contribution in [2.45, 2.75) is 55.7 Å². The minimum absolute atomic E-state index is 0.0471. The molecule has 1 aromatic heterocycles. The molecule has 1 fully saturated rings. The zero-order valence-electron chi connectivity index (χ0n) is 23.9. The number of carbonyl (C=O) groups is 1. The van der Waals surface area contributed by atoms with E-state index in [0.717, 1.165) is 66.5 Å². The van der Waals surface area contributed by atoms with Crippen molar-refractivity contribution in [3.05, 3.63) is 80.9 Å². The molecule has 1 saturated heterocycles. The van der Waals surface area contributed by atoms with Gasteiger partial charge in [-0.1, -0.05) is 35.9 Å². The molecule has 0 spiro atoms. The summed E-state index contributed by atoms with van der Waals surface area (Å²) in [6, 6.07) is 14.4. The predicted octanol–water partition coefficient (Wildman–Crippen LogP) is 3.97. The number of aromatic amines is 1. The number of carbonyl (C=O) groups excluding carboxylic acids is 1. The number of piperidine rings is 1. The van der Waals surface area contributed by atoms with E-state index in [4.69, 9.17) is 37.8 Å². The minimum atomic E-state index is -0.659. The number of aromatic nitrogens is 1. The number of halogens is 2. The van der Waals surface area contributed by atoms with Gasteiger partial charge in [0.15, 0.2) is 0 Å². The number of ether oxygens (including phenoxy) is 2. The normalized spacial score (nSPS) is 21.3. The van der Waals surface area contributed by atoms with Gasteiger partial charge >= 0.3 is 6.09 Å². The first-order valence-electron chi connectivity index (χ1n) is 15.0. The molecule has 3 aliphatic rings. The second-order valence-corrected chi connectivity index (χ2v) is 12.5. The molecule has 3 aromatic rings. The van der Waals surface area contributed by atoms with Gasteiger partial charge in [-0.3, -0.25) is 4.90 Å². The molecule has 0 saturated carbocycles. The summed E-state index contributed by atoms with van der Waals surface area (Å²) in [5.74, 6) is 1.23. The van der Waals surface area contributed by atoms with Gasteiger partial charge in [-0.25, -0.2) is 4.79 Å². The number of benzene rings is 2. The number of likely N-dealkylation sites (tertiary alicyclic amines) is 1. The maximum absolute atomic E-state index is 13.6. The van der Waals surface area contributed by atoms with Gasteiger partial charge in [0, 0.05) is 47.5 Å². The molecular weight excluding hydrogens is 589 g/mol. The summed E-state index contributed by atoms with van der Waals surface area (Å²) in [6.45, 7) is 2.86. The third-order valence-corrected chi connectivity index (χ3v) is 9.12. The van der Waals surface area contributed by atoms with Crippen LogP contribution in [0.3, 0.4) is 0 Å². The number of rotatable bonds is 8. The highest BCUT2D eigenvalue weighted by atomic mass is 35.5. The summed E-state index contributed by atoms with van der Waals surface area (Å²) >= 11 is 12.5. The molecule has 1 unspecified atom stereocenters. The van der Waals surface area contributed by atoms with Crippen LogP contribution >= 0.6 is 23.2 Å². The van der Waals surface area contributed by atoms with E-state index in [2.05, 4.69) is 22.0 Å². The fourth-order valence-electron chi connectivity index (χ4n) is 6.25. The van der Waals surface area contributed by atoms with Crippen LogP contribution in [0.25, 0.3) is 12.2 Å². The number of aliphatic hydroxyl groups is 2. The van der Waals surface area contributed by atoms with Crippen LogP contribution < -0.4 is 20.0 Å². The van der Waals surface area contributed by atoms with Crippen molar-refractivity contribution in [3.8, 4) is 11.5 Å². The quantitative estimate of drug-likeness (QED) is 0.328. The number of alkyl halides is 1. The van der Waals surface area contributed by atoms with Crippen LogP contribution in [0.4, 0.5) is 4.79 Å². The second-order valence-electron chi connectivity index (χ2n) is 11.5. The zero-order chi connectivity index (χ0) is 29.9. The Kier molecular flexibility index (Phi) is 9.31. The first-order chi connectivity index (χ1) is 20.9. The smallest absolute Gasteiger partial charge is 0.416 e. The molecule has 10 heteroatoms. The molecule has 0 radical (unpaired) electrons. The van der Waals surface area contributed by atoms with Gasteiger partial charge in [-0.05, 0) is 79.6 Å². The molecule has 1 aliphatic carbocycles. The first-order valence-corrected chi connectivity index (χ1v) is 15.8. The molecule has 6 rings (SSSR count). The second kappa shape index (κ2) is 13.3. The Morgan fingerprint density at radius 1 is 1.05 bits per heavy atom. The van der Waals surface area contributed by atoms with Gasteiger partial charge < -0.3 is 29.6 Å². The van der Waals surface area contributed by atoms with Crippen molar-refractivity contribution < 1.29 is 24.5 Å². The van der Waals surface area contributed by atoms with E-state index in [9.17, 15) is 9.90 Å². The van der Waals surface area contributed by atoms with Crippen LogP contribution in [0.15, 0.2) is 48.5 Å². The van der Waals surface area contributed by atoms with Crippen molar-refractivity contribution in [1.82, 2.24) is 14.8 Å². The van der Waals surface area contributed by atoms with Crippen LogP contribution in [0.5, 0.6) is 11.5 Å². The lowest BCUT2D eigenvalue weighted by Crippen LogP contribution is -2.43. The Labute approximate surface area is 261 Å². The van der Waals surface area contributed by atoms with E-state index in [0.29, 0.717) is 30.2 Å². The highest BCUT2D eigenvalue weighted by Gasteiger charge is 2.36. The number of amides is 1. The summed E-state index contributed by atoms with van der Waals surface area (Å²) in [6.07, 6.45) is 7.10. The Hall–Kier alpha value is -3.01. The summed E-state index contributed by atoms with van der Waals surface area (Å²) < 4.78 is 12.1. The maximum Gasteiger partial charge on any atom is 0.416 e. The van der Waals surface area contributed by atoms with Crippen LogP contribution in [0.2, 0.25) is 5.02 Å². The molecular formula is C33H37Cl2N3O5. The Morgan fingerprint density at radius 2 is 1.77 bits per heavy atom.